The number of carbonyl (C=O) groups is 1. The summed E-state index contributed by atoms with van der Waals surface area (Å²) in [5, 5.41) is 3.36. The van der Waals surface area contributed by atoms with Crippen molar-refractivity contribution < 1.29 is 22.7 Å². The van der Waals surface area contributed by atoms with Gasteiger partial charge in [-0.3, -0.25) is 9.10 Å². The maximum Gasteiger partial charge on any atom is 0.232 e. The van der Waals surface area contributed by atoms with Crippen LogP contribution >= 0.6 is 11.6 Å². The molecule has 2 rings (SSSR count). The minimum absolute atomic E-state index is 0.126. The SMILES string of the molecule is CCC(NC(=O)CCCN(c1ccc(OC)c(Cl)c1)S(C)(=O)=O)c1ccc(OC)c(C)c1. The fourth-order valence-corrected chi connectivity index (χ4v) is 4.70. The average molecular weight is 483 g/mol. The Hall–Kier alpha value is -2.45. The quantitative estimate of drug-likeness (QED) is 0.510. The molecular formula is C23H31ClN2O5S. The van der Waals surface area contributed by atoms with Gasteiger partial charge in [-0.2, -0.15) is 0 Å². The number of nitrogens with zero attached hydrogens (tertiary/aromatic N) is 1. The number of aryl methyl sites for hydroxylation is 1. The van der Waals surface area contributed by atoms with E-state index in [1.54, 1.807) is 25.3 Å². The predicted molar refractivity (Wildman–Crippen MR) is 128 cm³/mol. The number of hydrogen-bond acceptors (Lipinski definition) is 5. The third-order valence-electron chi connectivity index (χ3n) is 5.15. The fourth-order valence-electron chi connectivity index (χ4n) is 3.49. The number of rotatable bonds is 11. The predicted octanol–water partition coefficient (Wildman–Crippen LogP) is 4.48. The van der Waals surface area contributed by atoms with Crippen LogP contribution in [0.5, 0.6) is 11.5 Å². The van der Waals surface area contributed by atoms with Crippen LogP contribution in [-0.4, -0.2) is 41.3 Å². The lowest BCUT2D eigenvalue weighted by Gasteiger charge is -2.23. The van der Waals surface area contributed by atoms with Crippen LogP contribution < -0.4 is 19.1 Å². The molecule has 1 atom stereocenters. The molecule has 0 aliphatic heterocycles. The maximum atomic E-state index is 12.6. The van der Waals surface area contributed by atoms with Crippen molar-refractivity contribution in [1.29, 1.82) is 0 Å². The average Bonchev–Trinajstić information content (AvgIpc) is 2.74. The van der Waals surface area contributed by atoms with E-state index in [1.165, 1.54) is 11.4 Å². The third kappa shape index (κ3) is 6.77. The highest BCUT2D eigenvalue weighted by Gasteiger charge is 2.20. The minimum atomic E-state index is -3.54. The Morgan fingerprint density at radius 1 is 1.12 bits per heavy atom. The van der Waals surface area contributed by atoms with E-state index >= 15 is 0 Å². The van der Waals surface area contributed by atoms with Gasteiger partial charge >= 0.3 is 0 Å². The van der Waals surface area contributed by atoms with Crippen molar-refractivity contribution in [3.63, 3.8) is 0 Å². The zero-order valence-electron chi connectivity index (χ0n) is 19.1. The Bertz CT molecular complexity index is 1040. The summed E-state index contributed by atoms with van der Waals surface area (Å²) < 4.78 is 36.3. The third-order valence-corrected chi connectivity index (χ3v) is 6.64. The van der Waals surface area contributed by atoms with Crippen LogP contribution in [0.4, 0.5) is 5.69 Å². The number of benzene rings is 2. The van der Waals surface area contributed by atoms with E-state index in [2.05, 4.69) is 5.32 Å². The molecule has 32 heavy (non-hydrogen) atoms. The molecule has 0 spiro atoms. The van der Waals surface area contributed by atoms with Crippen molar-refractivity contribution >= 4 is 33.2 Å². The second-order valence-electron chi connectivity index (χ2n) is 7.51. The molecule has 0 aromatic heterocycles. The van der Waals surface area contributed by atoms with Crippen LogP contribution in [0.15, 0.2) is 36.4 Å². The largest absolute Gasteiger partial charge is 0.496 e. The number of amides is 1. The van der Waals surface area contributed by atoms with E-state index in [4.69, 9.17) is 21.1 Å². The van der Waals surface area contributed by atoms with Gasteiger partial charge in [0.1, 0.15) is 11.5 Å². The summed E-state index contributed by atoms with van der Waals surface area (Å²) in [6.45, 7) is 4.12. The van der Waals surface area contributed by atoms with Gasteiger partial charge in [-0.15, -0.1) is 0 Å². The second-order valence-corrected chi connectivity index (χ2v) is 9.83. The monoisotopic (exact) mass is 482 g/mol. The summed E-state index contributed by atoms with van der Waals surface area (Å²) in [6.07, 6.45) is 2.42. The summed E-state index contributed by atoms with van der Waals surface area (Å²) >= 11 is 6.15. The van der Waals surface area contributed by atoms with E-state index in [1.807, 2.05) is 32.0 Å². The minimum Gasteiger partial charge on any atom is -0.496 e. The molecule has 9 heteroatoms. The Kier molecular flexibility index (Phi) is 9.21. The molecule has 176 valence electrons. The lowest BCUT2D eigenvalue weighted by atomic mass is 10.0. The molecule has 0 aliphatic carbocycles. The molecule has 7 nitrogen and oxygen atoms in total. The maximum absolute atomic E-state index is 12.6. The molecule has 1 amide bonds. The van der Waals surface area contributed by atoms with Crippen molar-refractivity contribution in [3.8, 4) is 11.5 Å². The van der Waals surface area contributed by atoms with Gasteiger partial charge in [0.15, 0.2) is 0 Å². The van der Waals surface area contributed by atoms with Crippen molar-refractivity contribution in [2.75, 3.05) is 31.3 Å². The normalized spacial score (nSPS) is 12.2. The second kappa shape index (κ2) is 11.4. The zero-order chi connectivity index (χ0) is 23.9. The van der Waals surface area contributed by atoms with Crippen LogP contribution in [-0.2, 0) is 14.8 Å². The van der Waals surface area contributed by atoms with Crippen LogP contribution in [0.1, 0.15) is 43.4 Å². The molecule has 0 aliphatic rings. The number of anilines is 1. The number of hydrogen-bond donors (Lipinski definition) is 1. The molecule has 0 radical (unpaired) electrons. The van der Waals surface area contributed by atoms with Crippen LogP contribution in [0.3, 0.4) is 0 Å². The van der Waals surface area contributed by atoms with Gasteiger partial charge in [0.05, 0.1) is 37.2 Å². The van der Waals surface area contributed by atoms with E-state index in [9.17, 15) is 13.2 Å². The molecular weight excluding hydrogens is 452 g/mol. The van der Waals surface area contributed by atoms with Crippen molar-refractivity contribution in [1.82, 2.24) is 5.32 Å². The Morgan fingerprint density at radius 2 is 1.78 bits per heavy atom. The number of nitrogens with one attached hydrogen (secondary N) is 1. The number of methoxy groups -OCH3 is 2. The summed E-state index contributed by atoms with van der Waals surface area (Å²) in [5.74, 6) is 1.13. The van der Waals surface area contributed by atoms with Crippen LogP contribution in [0, 0.1) is 6.92 Å². The first-order valence-electron chi connectivity index (χ1n) is 10.4. The van der Waals surface area contributed by atoms with E-state index in [-0.39, 0.29) is 24.9 Å². The molecule has 2 aromatic rings. The Balaban J connectivity index is 2.02. The molecule has 0 fully saturated rings. The molecule has 1 N–H and O–H groups in total. The van der Waals surface area contributed by atoms with Gasteiger partial charge in [0.2, 0.25) is 15.9 Å². The Morgan fingerprint density at radius 3 is 2.31 bits per heavy atom. The molecule has 0 bridgehead atoms. The summed E-state index contributed by atoms with van der Waals surface area (Å²) in [5.41, 5.74) is 2.43. The highest BCUT2D eigenvalue weighted by Crippen LogP contribution is 2.30. The smallest absolute Gasteiger partial charge is 0.232 e. The first kappa shape index (κ1) is 25.8. The fraction of sp³-hybridized carbons (Fsp3) is 0.435. The number of sulfonamides is 1. The van der Waals surface area contributed by atoms with Crippen molar-refractivity contribution in [2.45, 2.75) is 39.2 Å². The highest BCUT2D eigenvalue weighted by atomic mass is 35.5. The summed E-state index contributed by atoms with van der Waals surface area (Å²) in [7, 11) is -0.428. The lowest BCUT2D eigenvalue weighted by Crippen LogP contribution is -2.33. The molecule has 2 aromatic carbocycles. The standard InChI is InChI=1S/C23H31ClN2O5S/c1-6-20(17-9-11-21(30-3)16(2)14-17)25-23(27)8-7-13-26(32(5,28)29)18-10-12-22(31-4)19(24)15-18/h9-12,14-15,20H,6-8,13H2,1-5H3,(H,25,27). The first-order chi connectivity index (χ1) is 15.1. The molecule has 1 unspecified atom stereocenters. The van der Waals surface area contributed by atoms with Crippen LogP contribution in [0.2, 0.25) is 5.02 Å². The number of halogens is 1. The summed E-state index contributed by atoms with van der Waals surface area (Å²) in [4.78, 5) is 12.6. The summed E-state index contributed by atoms with van der Waals surface area (Å²) in [6, 6.07) is 10.5. The van der Waals surface area contributed by atoms with Gasteiger partial charge in [-0.05, 0) is 55.2 Å². The molecule has 0 saturated heterocycles. The van der Waals surface area contributed by atoms with Crippen molar-refractivity contribution in [2.24, 2.45) is 0 Å². The van der Waals surface area contributed by atoms with E-state index in [0.717, 1.165) is 29.6 Å². The topological polar surface area (TPSA) is 84.9 Å². The zero-order valence-corrected chi connectivity index (χ0v) is 20.7. The number of carbonyl (C=O) groups excluding carboxylic acids is 1. The van der Waals surface area contributed by atoms with Gasteiger partial charge in [0.25, 0.3) is 0 Å². The van der Waals surface area contributed by atoms with Gasteiger partial charge in [0, 0.05) is 13.0 Å². The van der Waals surface area contributed by atoms with Gasteiger partial charge in [-0.25, -0.2) is 8.42 Å². The van der Waals surface area contributed by atoms with Crippen molar-refractivity contribution in [3.05, 3.63) is 52.5 Å². The number of ether oxygens (including phenoxy) is 2. The molecule has 0 heterocycles. The lowest BCUT2D eigenvalue weighted by molar-refractivity contribution is -0.121. The highest BCUT2D eigenvalue weighted by molar-refractivity contribution is 7.92. The first-order valence-corrected chi connectivity index (χ1v) is 12.6. The Labute approximate surface area is 195 Å². The van der Waals surface area contributed by atoms with E-state index < -0.39 is 10.0 Å². The van der Waals surface area contributed by atoms with Crippen LogP contribution in [0.25, 0.3) is 0 Å². The van der Waals surface area contributed by atoms with E-state index in [0.29, 0.717) is 22.9 Å². The molecule has 0 saturated carbocycles. The van der Waals surface area contributed by atoms with Gasteiger partial charge < -0.3 is 14.8 Å². The van der Waals surface area contributed by atoms with Gasteiger partial charge in [-0.1, -0.05) is 30.7 Å².